The lowest BCUT2D eigenvalue weighted by Crippen LogP contribution is -2.41. The van der Waals surface area contributed by atoms with Crippen molar-refractivity contribution >= 4 is 277 Å². The Kier molecular flexibility index (Phi) is 30.1. The number of nitrogens with one attached hydrogen (secondary N) is 6. The Bertz CT molecular complexity index is 5890. The number of amides is 2. The number of phenolic OH excluding ortho intramolecular Hbond substituents is 4. The number of fused-ring (bicyclic) bond motifs is 2. The summed E-state index contributed by atoms with van der Waals surface area (Å²) in [6, 6.07) is 42.5. The van der Waals surface area contributed by atoms with Crippen molar-refractivity contribution in [1.82, 2.24) is 10.9 Å². The summed E-state index contributed by atoms with van der Waals surface area (Å²) < 4.78 is 159. The van der Waals surface area contributed by atoms with Gasteiger partial charge in [-0.1, -0.05) is 134 Å². The maximum atomic E-state index is 13.4. The highest BCUT2D eigenvalue weighted by molar-refractivity contribution is 9.11. The number of hydrazone groups is 2. The molecule has 0 bridgehead atoms. The number of phenols is 4. The molecule has 10 aromatic rings. The molecule has 0 radical (unpaired) electrons. The third-order valence-corrected chi connectivity index (χ3v) is 24.4. The number of benzene rings is 10. The van der Waals surface area contributed by atoms with Crippen molar-refractivity contribution < 1.29 is 86.6 Å². The number of hydrogen-bond acceptors (Lipinski definition) is 25. The van der Waals surface area contributed by atoms with Crippen molar-refractivity contribution in [2.75, 3.05) is 57.4 Å². The van der Waals surface area contributed by atoms with E-state index < -0.39 is 85.0 Å². The molecule has 10 rings (SSSR count). The van der Waals surface area contributed by atoms with Gasteiger partial charge in [-0.15, -0.1) is 0 Å². The topological polar surface area (TPSA) is 456 Å². The van der Waals surface area contributed by atoms with E-state index >= 15 is 0 Å². The van der Waals surface area contributed by atoms with Crippen LogP contribution < -0.4 is 41.9 Å². The van der Waals surface area contributed by atoms with Gasteiger partial charge >= 0.3 is 0 Å². The zero-order chi connectivity index (χ0) is 84.8. The Morgan fingerprint density at radius 3 is 1.03 bits per heavy atom. The molecule has 0 saturated carbocycles. The monoisotopic (exact) mass is 1990 g/mol. The van der Waals surface area contributed by atoms with E-state index in [9.17, 15) is 81.9 Å². The molecule has 10 aromatic carbocycles. The van der Waals surface area contributed by atoms with Crippen LogP contribution in [0.1, 0.15) is 59.1 Å². The molecule has 0 atom stereocenters. The van der Waals surface area contributed by atoms with Gasteiger partial charge in [-0.25, -0.2) is 44.5 Å². The van der Waals surface area contributed by atoms with E-state index in [2.05, 4.69) is 106 Å². The smallest absolute Gasteiger partial charge is 0.260 e. The van der Waals surface area contributed by atoms with Crippen molar-refractivity contribution in [1.29, 1.82) is 0 Å². The number of aromatic hydroxyl groups is 4. The van der Waals surface area contributed by atoms with E-state index in [1.165, 1.54) is 70.5 Å². The van der Waals surface area contributed by atoms with Crippen LogP contribution in [0.2, 0.25) is 0 Å². The highest BCUT2D eigenvalue weighted by Crippen LogP contribution is 2.42. The second-order valence-corrected chi connectivity index (χ2v) is 35.5. The predicted octanol–water partition coefficient (Wildman–Crippen LogP) is 14.3. The standard InChI is InChI=1S/C76H64Br4N10O19S8/c77-59-33-51(71(93)69(79)73(59)95)39-81-87-65(91)41-89(57-27-21-43-7-1-3-9-49(43)31-57)75(112)85-55-25-19-47(63(37-55)116(103,104)105)15-13-45-17-23-53(35-61(45)114(97,98)99)83-67(110)11-5-29-109-30-6-12-68(111)84-54-24-18-46(62(36-54)115(100,101)102)14-16-48-20-26-56(38-64(48)117(106,107)108)86-76(113)90(58-28-22-44-8-2-4-10-50(44)32-58)42-66(92)88-82-40-52-34-60(78)74(96)70(80)72(52)94/h1-4,7-10,13-28,31-40,93-96H,5-6,11-12,29-30,41-42H2,(H,83,110)(H,84,111)(H,85,112)(H,86,113)(H,87,91)(H,88,92)(H,97,98,99)(H,100,101,102)(H,103,104,105)(H,106,107,108)/p-4/b15-13+,16-14+,81-39+,82-40+. The molecule has 0 aliphatic rings. The van der Waals surface area contributed by atoms with E-state index in [4.69, 9.17) is 53.6 Å². The van der Waals surface area contributed by atoms with Crippen LogP contribution in [0.4, 0.5) is 34.1 Å². The Balaban J connectivity index is 0.710. The number of carbonyl (C=O) groups excluding carboxylic acids is 2. The molecule has 10 N–H and O–H groups in total. The number of halogens is 4. The summed E-state index contributed by atoms with van der Waals surface area (Å²) in [7, 11) is -21.0. The number of thiocarbonyl (C=S) groups is 4. The first-order valence-electron chi connectivity index (χ1n) is 33.8. The van der Waals surface area contributed by atoms with Gasteiger partial charge in [0.1, 0.15) is 85.5 Å². The lowest BCUT2D eigenvalue weighted by molar-refractivity contribution is -0.120. The van der Waals surface area contributed by atoms with Crippen LogP contribution in [0.25, 0.3) is 45.8 Å². The normalized spacial score (nSPS) is 12.0. The number of ether oxygens (including phenoxy) is 1. The van der Waals surface area contributed by atoms with Crippen LogP contribution in [-0.4, -0.2) is 143 Å². The largest absolute Gasteiger partial charge is 0.744 e. The van der Waals surface area contributed by atoms with Gasteiger partial charge in [0.25, 0.3) is 11.8 Å². The molecule has 608 valence electrons. The molecule has 29 nitrogen and oxygen atoms in total. The number of rotatable bonds is 30. The second-order valence-electron chi connectivity index (χ2n) is 25.0. The summed E-state index contributed by atoms with van der Waals surface area (Å²) in [6.07, 6.45) is 8.02. The number of carbonyl (C=O) groups is 2. The third-order valence-electron chi connectivity index (χ3n) is 16.8. The first kappa shape index (κ1) is 89.7. The van der Waals surface area contributed by atoms with Gasteiger partial charge in [0, 0.05) is 71.3 Å². The van der Waals surface area contributed by atoms with Gasteiger partial charge in [-0.05, 0) is 230 Å². The molecule has 0 aliphatic carbocycles. The maximum Gasteiger partial charge on any atom is 0.260 e. The van der Waals surface area contributed by atoms with Crippen molar-refractivity contribution in [3.05, 3.63) is 221 Å². The summed E-state index contributed by atoms with van der Waals surface area (Å²) in [5.74, 6) is -2.65. The SMILES string of the molecule is O=C(CN(C(=S)Nc1ccc(/C=C/c2ccc(NC(=S)CCCOCCCC(=S)Nc3ccc(/C=C/c4ccc(NC(=S)N(CC(=O)N/N=C/c5cc(Br)c(O)c(Br)c5O)c5ccc6ccccc6c5)cc4S(=O)(=O)[O-])c(S(=O)(=O)[O-])c3)cc2S(=O)(=O)[O-])c(S(=O)(=O)[O-])c1)c1ccc2ccccc2c1)N/N=C/c1cc(Br)c(O)c(Br)c1O. The maximum absolute atomic E-state index is 13.4. The molecule has 0 heterocycles. The fourth-order valence-electron chi connectivity index (χ4n) is 11.2. The molecule has 2 amide bonds. The van der Waals surface area contributed by atoms with Crippen LogP contribution in [0.15, 0.2) is 218 Å². The average molecular weight is 1990 g/mol. The zero-order valence-electron chi connectivity index (χ0n) is 59.8. The number of hydrogen-bond donors (Lipinski definition) is 10. The summed E-state index contributed by atoms with van der Waals surface area (Å²) >= 11 is 35.0. The summed E-state index contributed by atoms with van der Waals surface area (Å²) in [6.45, 7) is -0.544. The Hall–Kier alpha value is -9.64. The van der Waals surface area contributed by atoms with E-state index in [1.807, 2.05) is 48.5 Å². The van der Waals surface area contributed by atoms with Crippen LogP contribution in [0, 0.1) is 0 Å². The highest BCUT2D eigenvalue weighted by Gasteiger charge is 2.24. The van der Waals surface area contributed by atoms with E-state index in [-0.39, 0.29) is 143 Å². The minimum atomic E-state index is -5.27. The molecular formula is C76H60Br4N10O19S8-4. The van der Waals surface area contributed by atoms with Crippen LogP contribution in [0.3, 0.4) is 0 Å². The molecule has 0 aromatic heterocycles. The van der Waals surface area contributed by atoms with Gasteiger partial charge in [-0.2, -0.15) is 10.2 Å². The van der Waals surface area contributed by atoms with E-state index in [1.54, 1.807) is 36.4 Å². The third kappa shape index (κ3) is 24.3. The summed E-state index contributed by atoms with van der Waals surface area (Å²) in [5, 5.41) is 63.5. The van der Waals surface area contributed by atoms with Crippen molar-refractivity contribution in [3.63, 3.8) is 0 Å². The first-order chi connectivity index (χ1) is 55.3. The van der Waals surface area contributed by atoms with Crippen LogP contribution in [0.5, 0.6) is 23.0 Å². The van der Waals surface area contributed by atoms with Crippen molar-refractivity contribution in [2.24, 2.45) is 10.2 Å². The van der Waals surface area contributed by atoms with Crippen molar-refractivity contribution in [2.45, 2.75) is 45.3 Å². The van der Waals surface area contributed by atoms with Gasteiger partial charge in [0.15, 0.2) is 10.2 Å². The lowest BCUT2D eigenvalue weighted by Gasteiger charge is -2.26. The molecular weight excluding hydrogens is 1930 g/mol. The first-order valence-corrected chi connectivity index (χ1v) is 44.2. The van der Waals surface area contributed by atoms with Gasteiger partial charge in [0.2, 0.25) is 0 Å². The van der Waals surface area contributed by atoms with Gasteiger partial charge in [0.05, 0.1) is 50.9 Å². The second kappa shape index (κ2) is 39.3. The summed E-state index contributed by atoms with van der Waals surface area (Å²) in [5.41, 5.74) is 5.25. The fourth-order valence-corrected chi connectivity index (χ4v) is 17.4. The Morgan fingerprint density at radius 2 is 0.709 bits per heavy atom. The number of nitrogens with zero attached hydrogens (tertiary/aromatic N) is 4. The molecule has 0 fully saturated rings. The van der Waals surface area contributed by atoms with Gasteiger partial charge in [-0.3, -0.25) is 9.59 Å². The molecule has 41 heteroatoms. The van der Waals surface area contributed by atoms with Gasteiger partial charge < -0.3 is 74.4 Å². The fraction of sp³-hybridized carbons (Fsp3) is 0.105. The summed E-state index contributed by atoms with van der Waals surface area (Å²) in [4.78, 5) is 27.1. The van der Waals surface area contributed by atoms with E-state index in [0.717, 1.165) is 82.5 Å². The van der Waals surface area contributed by atoms with Crippen LogP contribution in [-0.2, 0) is 54.8 Å². The minimum absolute atomic E-state index is 0.0115. The predicted molar refractivity (Wildman–Crippen MR) is 474 cm³/mol. The quantitative estimate of drug-likeness (QED) is 0.00499. The zero-order valence-corrected chi connectivity index (χ0v) is 72.6. The highest BCUT2D eigenvalue weighted by atomic mass is 79.9. The van der Waals surface area contributed by atoms with E-state index in [0.29, 0.717) is 24.2 Å². The number of anilines is 6. The lowest BCUT2D eigenvalue weighted by atomic mass is 10.1. The molecule has 0 aliphatic heterocycles. The molecule has 117 heavy (non-hydrogen) atoms. The Labute approximate surface area is 725 Å². The minimum Gasteiger partial charge on any atom is -0.744 e. The molecule has 0 unspecified atom stereocenters. The Morgan fingerprint density at radius 1 is 0.402 bits per heavy atom. The van der Waals surface area contributed by atoms with Crippen LogP contribution >= 0.6 is 113 Å². The average Bonchev–Trinajstić information content (AvgIpc) is 0.785. The molecule has 0 saturated heterocycles. The molecule has 0 spiro atoms. The van der Waals surface area contributed by atoms with Crippen molar-refractivity contribution in [3.8, 4) is 23.0 Å².